The molecule has 0 aliphatic rings. The van der Waals surface area contributed by atoms with Gasteiger partial charge in [0.05, 0.1) is 11.7 Å². The fourth-order valence-corrected chi connectivity index (χ4v) is 3.81. The fraction of sp³-hybridized carbons (Fsp3) is 0.778. The van der Waals surface area contributed by atoms with E-state index in [1.165, 1.54) is 95.8 Å². The highest BCUT2D eigenvalue weighted by Gasteiger charge is 2.28. The van der Waals surface area contributed by atoms with Crippen molar-refractivity contribution in [1.82, 2.24) is 0 Å². The Morgan fingerprint density at radius 1 is 0.906 bits per heavy atom. The molecule has 0 aliphatic carbocycles. The summed E-state index contributed by atoms with van der Waals surface area (Å²) in [6, 6.07) is 1.42. The largest absolute Gasteiger partial charge is 0.481 e. The summed E-state index contributed by atoms with van der Waals surface area (Å²) in [6.45, 7) is 6.40. The van der Waals surface area contributed by atoms with Gasteiger partial charge in [0.25, 0.3) is 0 Å². The number of unbranched alkanes of at least 4 members (excludes halogenated alkanes) is 13. The number of rotatable bonds is 20. The minimum atomic E-state index is -0.999. The second-order valence-electron chi connectivity index (χ2n) is 9.75. The van der Waals surface area contributed by atoms with E-state index in [4.69, 9.17) is 9.15 Å². The standard InChI is InChI=1S/C27H46O5/c1-4-5-6-7-8-9-10-11-12-13-14-15-16-17-18-31-22-24-19-25(28)23(21-32-24)20-27(2,3)26(29)30/h19,21H,4-18,20,22H2,1-3H3,(H,29,30). The maximum absolute atomic E-state index is 12.2. The van der Waals surface area contributed by atoms with Crippen LogP contribution in [0.1, 0.15) is 122 Å². The molecule has 0 aromatic carbocycles. The lowest BCUT2D eigenvalue weighted by Crippen LogP contribution is -2.28. The maximum atomic E-state index is 12.2. The van der Waals surface area contributed by atoms with E-state index >= 15 is 0 Å². The normalized spacial score (nSPS) is 11.7. The third-order valence-corrected chi connectivity index (χ3v) is 6.06. The fourth-order valence-electron chi connectivity index (χ4n) is 3.81. The molecule has 0 spiro atoms. The van der Waals surface area contributed by atoms with Crippen molar-refractivity contribution in [3.63, 3.8) is 0 Å². The van der Waals surface area contributed by atoms with Crippen LogP contribution in [-0.2, 0) is 22.6 Å². The van der Waals surface area contributed by atoms with Crippen LogP contribution in [0.2, 0.25) is 0 Å². The molecule has 0 amide bonds. The van der Waals surface area contributed by atoms with Gasteiger partial charge in [0.1, 0.15) is 12.4 Å². The molecule has 0 aliphatic heterocycles. The molecule has 5 heteroatoms. The Kier molecular flexibility index (Phi) is 15.0. The number of ether oxygens (including phenoxy) is 1. The Hall–Kier alpha value is -1.62. The summed E-state index contributed by atoms with van der Waals surface area (Å²) in [5.41, 5.74) is -0.811. The lowest BCUT2D eigenvalue weighted by Gasteiger charge is -2.18. The summed E-state index contributed by atoms with van der Waals surface area (Å²) >= 11 is 0. The van der Waals surface area contributed by atoms with Crippen LogP contribution in [0.3, 0.4) is 0 Å². The van der Waals surface area contributed by atoms with E-state index in [2.05, 4.69) is 6.92 Å². The van der Waals surface area contributed by atoms with E-state index < -0.39 is 11.4 Å². The molecule has 0 fully saturated rings. The molecule has 5 nitrogen and oxygen atoms in total. The van der Waals surface area contributed by atoms with Crippen molar-refractivity contribution >= 4 is 5.97 Å². The third-order valence-electron chi connectivity index (χ3n) is 6.06. The van der Waals surface area contributed by atoms with E-state index in [1.54, 1.807) is 13.8 Å². The Morgan fingerprint density at radius 3 is 1.88 bits per heavy atom. The van der Waals surface area contributed by atoms with Crippen molar-refractivity contribution in [2.45, 2.75) is 124 Å². The molecular weight excluding hydrogens is 404 g/mol. The molecule has 0 unspecified atom stereocenters. The van der Waals surface area contributed by atoms with Crippen molar-refractivity contribution in [2.24, 2.45) is 5.41 Å². The molecular formula is C27H46O5. The van der Waals surface area contributed by atoms with Crippen molar-refractivity contribution in [1.29, 1.82) is 0 Å². The number of hydrogen-bond donors (Lipinski definition) is 1. The number of hydrogen-bond acceptors (Lipinski definition) is 4. The first kappa shape index (κ1) is 28.4. The van der Waals surface area contributed by atoms with Crippen LogP contribution in [0.25, 0.3) is 0 Å². The number of aliphatic carboxylic acids is 1. The number of carbonyl (C=O) groups is 1. The second-order valence-corrected chi connectivity index (χ2v) is 9.75. The summed E-state index contributed by atoms with van der Waals surface area (Å²) < 4.78 is 11.1. The molecule has 0 radical (unpaired) electrons. The first-order valence-corrected chi connectivity index (χ1v) is 12.8. The van der Waals surface area contributed by atoms with Gasteiger partial charge in [-0.25, -0.2) is 0 Å². The first-order valence-electron chi connectivity index (χ1n) is 12.8. The van der Waals surface area contributed by atoms with Gasteiger partial charge >= 0.3 is 5.97 Å². The second kappa shape index (κ2) is 16.9. The van der Waals surface area contributed by atoms with Gasteiger partial charge in [0.15, 0.2) is 5.43 Å². The van der Waals surface area contributed by atoms with Crippen LogP contribution < -0.4 is 5.43 Å². The van der Waals surface area contributed by atoms with E-state index in [0.29, 0.717) is 17.9 Å². The molecule has 1 heterocycles. The molecule has 184 valence electrons. The number of carboxylic acids is 1. The lowest BCUT2D eigenvalue weighted by molar-refractivity contribution is -0.146. The predicted molar refractivity (Wildman–Crippen MR) is 130 cm³/mol. The topological polar surface area (TPSA) is 76.7 Å². The number of carboxylic acid groups (broad SMARTS) is 1. The maximum Gasteiger partial charge on any atom is 0.309 e. The van der Waals surface area contributed by atoms with Gasteiger partial charge in [-0.05, 0) is 26.7 Å². The smallest absolute Gasteiger partial charge is 0.309 e. The lowest BCUT2D eigenvalue weighted by atomic mass is 9.86. The molecule has 1 N–H and O–H groups in total. The summed E-state index contributed by atoms with van der Waals surface area (Å²) in [6.07, 6.45) is 20.1. The highest BCUT2D eigenvalue weighted by atomic mass is 16.5. The molecule has 0 atom stereocenters. The minimum absolute atomic E-state index is 0.144. The predicted octanol–water partition coefficient (Wildman–Crippen LogP) is 7.29. The Morgan fingerprint density at radius 2 is 1.41 bits per heavy atom. The summed E-state index contributed by atoms with van der Waals surface area (Å²) in [4.78, 5) is 23.4. The highest BCUT2D eigenvalue weighted by Crippen LogP contribution is 2.20. The van der Waals surface area contributed by atoms with E-state index in [0.717, 1.165) is 6.42 Å². The van der Waals surface area contributed by atoms with Gasteiger partial charge in [-0.2, -0.15) is 0 Å². The quantitative estimate of drug-likeness (QED) is 0.211. The molecule has 32 heavy (non-hydrogen) atoms. The molecule has 0 bridgehead atoms. The molecule has 1 aromatic rings. The van der Waals surface area contributed by atoms with Crippen LogP contribution in [0.5, 0.6) is 0 Å². The Bertz CT molecular complexity index is 677. The zero-order chi connectivity index (χ0) is 23.7. The van der Waals surface area contributed by atoms with Crippen LogP contribution in [-0.4, -0.2) is 17.7 Å². The van der Waals surface area contributed by atoms with Gasteiger partial charge in [0, 0.05) is 18.2 Å². The highest BCUT2D eigenvalue weighted by molar-refractivity contribution is 5.74. The van der Waals surface area contributed by atoms with Crippen LogP contribution in [0.4, 0.5) is 0 Å². The van der Waals surface area contributed by atoms with Gasteiger partial charge in [0.2, 0.25) is 0 Å². The van der Waals surface area contributed by atoms with Gasteiger partial charge in [-0.15, -0.1) is 0 Å². The SMILES string of the molecule is CCCCCCCCCCCCCCCCOCc1cc(=O)c(CC(C)(C)C(=O)O)co1. The van der Waals surface area contributed by atoms with Crippen LogP contribution in [0, 0.1) is 5.41 Å². The Balaban J connectivity index is 2.01. The molecule has 0 saturated heterocycles. The first-order chi connectivity index (χ1) is 15.4. The van der Waals surface area contributed by atoms with Gasteiger partial charge in [-0.1, -0.05) is 90.4 Å². The molecule has 1 aromatic heterocycles. The van der Waals surface area contributed by atoms with Gasteiger partial charge in [-0.3, -0.25) is 9.59 Å². The summed E-state index contributed by atoms with van der Waals surface area (Å²) in [5, 5.41) is 9.20. The van der Waals surface area contributed by atoms with Crippen LogP contribution in [0.15, 0.2) is 21.5 Å². The van der Waals surface area contributed by atoms with Gasteiger partial charge < -0.3 is 14.3 Å². The van der Waals surface area contributed by atoms with E-state index in [-0.39, 0.29) is 18.5 Å². The van der Waals surface area contributed by atoms with Crippen molar-refractivity contribution in [3.8, 4) is 0 Å². The van der Waals surface area contributed by atoms with E-state index in [9.17, 15) is 14.7 Å². The van der Waals surface area contributed by atoms with E-state index in [1.807, 2.05) is 0 Å². The zero-order valence-corrected chi connectivity index (χ0v) is 20.8. The zero-order valence-electron chi connectivity index (χ0n) is 20.8. The van der Waals surface area contributed by atoms with Crippen LogP contribution >= 0.6 is 0 Å². The summed E-state index contributed by atoms with van der Waals surface area (Å²) in [7, 11) is 0. The van der Waals surface area contributed by atoms with Crippen molar-refractivity contribution in [2.75, 3.05) is 6.61 Å². The van der Waals surface area contributed by atoms with Crippen molar-refractivity contribution < 1.29 is 19.1 Å². The molecule has 1 rings (SSSR count). The third kappa shape index (κ3) is 13.0. The summed E-state index contributed by atoms with van der Waals surface area (Å²) in [5.74, 6) is -0.449. The average molecular weight is 451 g/mol. The minimum Gasteiger partial charge on any atom is -0.481 e. The van der Waals surface area contributed by atoms with Crippen molar-refractivity contribution in [3.05, 3.63) is 33.9 Å². The Labute approximate surface area is 194 Å². The average Bonchev–Trinajstić information content (AvgIpc) is 2.75. The monoisotopic (exact) mass is 450 g/mol. The molecule has 0 saturated carbocycles.